The molecule has 0 aliphatic carbocycles. The molecule has 1 amide bonds. The van der Waals surface area contributed by atoms with Crippen molar-refractivity contribution in [3.8, 4) is 5.75 Å². The maximum Gasteiger partial charge on any atom is 0.270 e. The Morgan fingerprint density at radius 1 is 1.26 bits per heavy atom. The maximum absolute atomic E-state index is 13.8. The number of hydrogen-bond donors (Lipinski definition) is 2. The van der Waals surface area contributed by atoms with Crippen molar-refractivity contribution in [2.45, 2.75) is 44.0 Å². The molecule has 2 N–H and O–H groups in total. The highest BCUT2D eigenvalue weighted by Gasteiger charge is 2.40. The van der Waals surface area contributed by atoms with Crippen molar-refractivity contribution in [1.82, 2.24) is 9.21 Å². The number of nitrogens with one attached hydrogen (secondary N) is 1. The Morgan fingerprint density at radius 2 is 1.97 bits per heavy atom. The van der Waals surface area contributed by atoms with Gasteiger partial charge in [-0.25, -0.2) is 8.42 Å². The number of hydrogen-bond acceptors (Lipinski definition) is 8. The van der Waals surface area contributed by atoms with Crippen molar-refractivity contribution in [2.24, 2.45) is 5.10 Å². The van der Waals surface area contributed by atoms with Crippen LogP contribution in [0.3, 0.4) is 0 Å². The van der Waals surface area contributed by atoms with E-state index in [-0.39, 0.29) is 28.8 Å². The molecule has 0 bridgehead atoms. The quantitative estimate of drug-likeness (QED) is 0.304. The predicted octanol–water partition coefficient (Wildman–Crippen LogP) is 3.16. The molecule has 0 aromatic heterocycles. The lowest BCUT2D eigenvalue weighted by atomic mass is 10.0. The zero-order valence-corrected chi connectivity index (χ0v) is 20.4. The van der Waals surface area contributed by atoms with Crippen molar-refractivity contribution >= 4 is 33.5 Å². The molecule has 1 saturated heterocycles. The molecule has 0 radical (unpaired) electrons. The molecule has 12 heteroatoms. The van der Waals surface area contributed by atoms with E-state index in [9.17, 15) is 28.4 Å². The molecule has 1 aliphatic heterocycles. The highest BCUT2D eigenvalue weighted by Crippen LogP contribution is 2.33. The van der Waals surface area contributed by atoms with Gasteiger partial charge in [-0.2, -0.15) is 9.41 Å². The molecule has 188 valence electrons. The molecule has 1 aliphatic rings. The van der Waals surface area contributed by atoms with Crippen LogP contribution in [0.25, 0.3) is 0 Å². The minimum atomic E-state index is -4.30. The lowest BCUT2D eigenvalue weighted by Crippen LogP contribution is -2.52. The molecule has 2 aromatic rings. The molecule has 0 unspecified atom stereocenters. The Hall–Kier alpha value is -3.51. The number of carbonyl (C=O) groups excluding carboxylic acids is 1. The average molecular weight is 504 g/mol. The van der Waals surface area contributed by atoms with Crippen molar-refractivity contribution in [3.05, 3.63) is 58.1 Å². The van der Waals surface area contributed by atoms with Gasteiger partial charge in [0.25, 0.3) is 5.69 Å². The van der Waals surface area contributed by atoms with Gasteiger partial charge in [0.1, 0.15) is 16.7 Å². The molecule has 1 atom stereocenters. The van der Waals surface area contributed by atoms with Crippen LogP contribution in [0.15, 0.2) is 52.5 Å². The topological polar surface area (TPSA) is 145 Å². The van der Waals surface area contributed by atoms with Gasteiger partial charge in [-0.15, -0.1) is 0 Å². The second-order valence-electron chi connectivity index (χ2n) is 8.00. The van der Waals surface area contributed by atoms with E-state index in [1.165, 1.54) is 24.4 Å². The summed E-state index contributed by atoms with van der Waals surface area (Å²) < 4.78 is 28.7. The van der Waals surface area contributed by atoms with E-state index >= 15 is 0 Å². The molecule has 0 spiro atoms. The number of anilines is 1. The van der Waals surface area contributed by atoms with Crippen LogP contribution in [-0.4, -0.2) is 65.5 Å². The van der Waals surface area contributed by atoms with E-state index in [2.05, 4.69) is 10.5 Å². The van der Waals surface area contributed by atoms with Gasteiger partial charge in [0.2, 0.25) is 15.9 Å². The van der Waals surface area contributed by atoms with Crippen LogP contribution in [0.2, 0.25) is 0 Å². The molecular formula is C23H29N5O6S. The number of phenols is 1. The summed E-state index contributed by atoms with van der Waals surface area (Å²) in [5, 5.41) is 25.3. The lowest BCUT2D eigenvalue weighted by molar-refractivity contribution is -0.385. The highest BCUT2D eigenvalue weighted by atomic mass is 32.2. The SMILES string of the molecule is CCN(CC)C(=O)[C@H]1CCCCN1S(=O)(=O)c1cc([N+](=O)[O-])ccc1N/N=C\c1ccccc1O. The van der Waals surface area contributed by atoms with Gasteiger partial charge in [0.15, 0.2) is 0 Å². The normalized spacial score (nSPS) is 16.8. The van der Waals surface area contributed by atoms with Gasteiger partial charge >= 0.3 is 0 Å². The molecule has 3 rings (SSSR count). The third kappa shape index (κ3) is 5.77. The first-order chi connectivity index (χ1) is 16.7. The van der Waals surface area contributed by atoms with Crippen LogP contribution in [0.4, 0.5) is 11.4 Å². The summed E-state index contributed by atoms with van der Waals surface area (Å²) in [5.41, 5.74) is 2.63. The zero-order valence-electron chi connectivity index (χ0n) is 19.6. The number of piperidine rings is 1. The van der Waals surface area contributed by atoms with Crippen molar-refractivity contribution in [1.29, 1.82) is 0 Å². The summed E-state index contributed by atoms with van der Waals surface area (Å²) in [6, 6.07) is 8.97. The third-order valence-electron chi connectivity index (χ3n) is 5.90. The van der Waals surface area contributed by atoms with Crippen LogP contribution in [-0.2, 0) is 14.8 Å². The molecule has 0 saturated carbocycles. The molecule has 1 heterocycles. The second-order valence-corrected chi connectivity index (χ2v) is 9.86. The van der Waals surface area contributed by atoms with E-state index < -0.39 is 26.7 Å². The summed E-state index contributed by atoms with van der Waals surface area (Å²) in [7, 11) is -4.30. The fourth-order valence-electron chi connectivity index (χ4n) is 4.01. The first-order valence-electron chi connectivity index (χ1n) is 11.4. The Morgan fingerprint density at radius 3 is 2.63 bits per heavy atom. The van der Waals surface area contributed by atoms with Crippen molar-refractivity contribution in [3.63, 3.8) is 0 Å². The molecule has 1 fully saturated rings. The summed E-state index contributed by atoms with van der Waals surface area (Å²) >= 11 is 0. The zero-order chi connectivity index (χ0) is 25.6. The third-order valence-corrected chi connectivity index (χ3v) is 7.85. The number of para-hydroxylation sites is 1. The van der Waals surface area contributed by atoms with E-state index in [0.29, 0.717) is 37.9 Å². The van der Waals surface area contributed by atoms with Crippen molar-refractivity contribution < 1.29 is 23.2 Å². The number of hydrazone groups is 1. The maximum atomic E-state index is 13.8. The van der Waals surface area contributed by atoms with E-state index in [0.717, 1.165) is 10.4 Å². The summed E-state index contributed by atoms with van der Waals surface area (Å²) in [6.45, 7) is 4.68. The van der Waals surface area contributed by atoms with E-state index in [1.54, 1.807) is 23.1 Å². The molecule has 2 aromatic carbocycles. The Balaban J connectivity index is 2.01. The molecule has 11 nitrogen and oxygen atoms in total. The van der Waals surface area contributed by atoms with Gasteiger partial charge in [-0.3, -0.25) is 20.3 Å². The fourth-order valence-corrected chi connectivity index (χ4v) is 5.82. The number of rotatable bonds is 9. The summed E-state index contributed by atoms with van der Waals surface area (Å²) in [4.78, 5) is 25.1. The minimum Gasteiger partial charge on any atom is -0.507 e. The number of nitro groups is 1. The monoisotopic (exact) mass is 503 g/mol. The van der Waals surface area contributed by atoms with Crippen LogP contribution >= 0.6 is 0 Å². The number of phenolic OH excluding ortho intramolecular Hbond substituents is 1. The molecule has 35 heavy (non-hydrogen) atoms. The van der Waals surface area contributed by atoms with Gasteiger partial charge in [-0.05, 0) is 44.9 Å². The summed E-state index contributed by atoms with van der Waals surface area (Å²) in [5.74, 6) is -0.295. The largest absolute Gasteiger partial charge is 0.507 e. The standard InChI is InChI=1S/C23H29N5O6S/c1-3-26(4-2)23(30)20-10-7-8-14-27(20)35(33,34)22-15-18(28(31)32)12-13-19(22)25-24-16-17-9-5-6-11-21(17)29/h5-6,9,11-13,15-16,20,25,29H,3-4,7-8,10,14H2,1-2H3/b24-16-/t20-/m1/s1. The van der Waals surface area contributed by atoms with Crippen LogP contribution in [0.5, 0.6) is 5.75 Å². The smallest absolute Gasteiger partial charge is 0.270 e. The summed E-state index contributed by atoms with van der Waals surface area (Å²) in [6.07, 6.45) is 2.96. The number of likely N-dealkylation sites (N-methyl/N-ethyl adjacent to an activating group) is 1. The van der Waals surface area contributed by atoms with Gasteiger partial charge < -0.3 is 10.0 Å². The number of non-ortho nitro benzene ring substituents is 1. The van der Waals surface area contributed by atoms with Gasteiger partial charge in [0.05, 0.1) is 16.8 Å². The number of nitrogens with zero attached hydrogens (tertiary/aromatic N) is 4. The number of aromatic hydroxyl groups is 1. The number of sulfonamides is 1. The Bertz CT molecular complexity index is 1210. The van der Waals surface area contributed by atoms with Crippen molar-refractivity contribution in [2.75, 3.05) is 25.1 Å². The fraction of sp³-hybridized carbons (Fsp3) is 0.391. The number of nitro benzene ring substituents is 1. The Labute approximate surface area is 204 Å². The molecular weight excluding hydrogens is 474 g/mol. The predicted molar refractivity (Wildman–Crippen MR) is 132 cm³/mol. The van der Waals surface area contributed by atoms with Crippen LogP contribution in [0, 0.1) is 10.1 Å². The first-order valence-corrected chi connectivity index (χ1v) is 12.8. The minimum absolute atomic E-state index is 0.0133. The van der Waals surface area contributed by atoms with Gasteiger partial charge in [-0.1, -0.05) is 18.6 Å². The highest BCUT2D eigenvalue weighted by molar-refractivity contribution is 7.89. The number of amides is 1. The number of benzene rings is 2. The van der Waals surface area contributed by atoms with E-state index in [1.807, 2.05) is 13.8 Å². The number of carbonyl (C=O) groups is 1. The average Bonchev–Trinajstić information content (AvgIpc) is 2.85. The second kappa shape index (κ2) is 11.3. The van der Waals surface area contributed by atoms with Gasteiger partial charge in [0, 0.05) is 37.3 Å². The van der Waals surface area contributed by atoms with Crippen LogP contribution in [0.1, 0.15) is 38.7 Å². The lowest BCUT2D eigenvalue weighted by Gasteiger charge is -2.36. The van der Waals surface area contributed by atoms with Crippen LogP contribution < -0.4 is 5.43 Å². The Kier molecular flexibility index (Phi) is 8.41. The van der Waals surface area contributed by atoms with E-state index in [4.69, 9.17) is 0 Å². The first kappa shape index (κ1) is 26.1.